The van der Waals surface area contributed by atoms with Gasteiger partial charge in [-0.25, -0.2) is 0 Å². The minimum atomic E-state index is -0.239. The fraction of sp³-hybridized carbons (Fsp3) is 0.588. The van der Waals surface area contributed by atoms with E-state index in [1.54, 1.807) is 0 Å². The molecule has 1 aliphatic rings. The van der Waals surface area contributed by atoms with E-state index < -0.39 is 0 Å². The summed E-state index contributed by atoms with van der Waals surface area (Å²) in [6, 6.07) is 9.60. The van der Waals surface area contributed by atoms with E-state index in [0.717, 1.165) is 18.0 Å². The van der Waals surface area contributed by atoms with E-state index in [4.69, 9.17) is 5.73 Å². The fourth-order valence-electron chi connectivity index (χ4n) is 3.05. The number of nitrogens with two attached hydrogens (primary N) is 1. The Kier molecular flexibility index (Phi) is 5.18. The van der Waals surface area contributed by atoms with Crippen LogP contribution < -0.4 is 11.1 Å². The summed E-state index contributed by atoms with van der Waals surface area (Å²) < 4.78 is 0. The second-order valence-electron chi connectivity index (χ2n) is 6.14. The molecule has 2 rings (SSSR count). The summed E-state index contributed by atoms with van der Waals surface area (Å²) >= 11 is 0. The molecular formula is C17H26N2O. The largest absolute Gasteiger partial charge is 0.356 e. The number of amides is 1. The number of rotatable bonds is 5. The van der Waals surface area contributed by atoms with Crippen molar-refractivity contribution in [2.24, 2.45) is 23.5 Å². The van der Waals surface area contributed by atoms with Gasteiger partial charge >= 0.3 is 0 Å². The van der Waals surface area contributed by atoms with Crippen LogP contribution in [0.5, 0.6) is 0 Å². The second-order valence-corrected chi connectivity index (χ2v) is 6.14. The van der Waals surface area contributed by atoms with Crippen LogP contribution in [0.4, 0.5) is 0 Å². The molecule has 20 heavy (non-hydrogen) atoms. The van der Waals surface area contributed by atoms with Gasteiger partial charge in [-0.15, -0.1) is 0 Å². The highest BCUT2D eigenvalue weighted by molar-refractivity contribution is 5.79. The Bertz CT molecular complexity index is 432. The monoisotopic (exact) mass is 274 g/mol. The topological polar surface area (TPSA) is 55.1 Å². The molecular weight excluding hydrogens is 248 g/mol. The van der Waals surface area contributed by atoms with Crippen LogP contribution >= 0.6 is 0 Å². The van der Waals surface area contributed by atoms with Crippen molar-refractivity contribution in [1.82, 2.24) is 5.32 Å². The van der Waals surface area contributed by atoms with Gasteiger partial charge in [-0.1, -0.05) is 57.0 Å². The van der Waals surface area contributed by atoms with E-state index in [2.05, 4.69) is 12.2 Å². The number of nitrogens with one attached hydrogen (secondary N) is 1. The van der Waals surface area contributed by atoms with E-state index in [1.165, 1.54) is 19.3 Å². The van der Waals surface area contributed by atoms with Gasteiger partial charge in [-0.2, -0.15) is 0 Å². The van der Waals surface area contributed by atoms with E-state index >= 15 is 0 Å². The van der Waals surface area contributed by atoms with Gasteiger partial charge in [0, 0.05) is 12.6 Å². The Morgan fingerprint density at radius 1 is 1.35 bits per heavy atom. The van der Waals surface area contributed by atoms with Crippen molar-refractivity contribution < 1.29 is 4.79 Å². The minimum Gasteiger partial charge on any atom is -0.356 e. The van der Waals surface area contributed by atoms with Crippen LogP contribution in [0, 0.1) is 17.8 Å². The van der Waals surface area contributed by atoms with Crippen molar-refractivity contribution in [2.75, 3.05) is 6.54 Å². The number of hydrogen-bond acceptors (Lipinski definition) is 2. The zero-order chi connectivity index (χ0) is 14.5. The first-order valence-corrected chi connectivity index (χ1v) is 7.68. The Morgan fingerprint density at radius 3 is 2.65 bits per heavy atom. The highest BCUT2D eigenvalue weighted by Gasteiger charge is 2.26. The first-order valence-electron chi connectivity index (χ1n) is 7.68. The van der Waals surface area contributed by atoms with Crippen molar-refractivity contribution in [3.8, 4) is 0 Å². The number of carbonyl (C=O) groups is 1. The average Bonchev–Trinajstić information content (AvgIpc) is 2.89. The van der Waals surface area contributed by atoms with Gasteiger partial charge in [0.25, 0.3) is 0 Å². The molecule has 3 heteroatoms. The standard InChI is InChI=1S/C17H26N2O/c1-12-7-6-10-15(12)11-19-17(20)13(2)16(18)14-8-4-3-5-9-14/h3-5,8-9,12-13,15-16H,6-7,10-11,18H2,1-2H3,(H,19,20). The summed E-state index contributed by atoms with van der Waals surface area (Å²) in [5.41, 5.74) is 7.21. The van der Waals surface area contributed by atoms with Crippen molar-refractivity contribution in [3.05, 3.63) is 35.9 Å². The van der Waals surface area contributed by atoms with Gasteiger partial charge < -0.3 is 11.1 Å². The van der Waals surface area contributed by atoms with Crippen LogP contribution in [-0.2, 0) is 4.79 Å². The van der Waals surface area contributed by atoms with Crippen LogP contribution in [-0.4, -0.2) is 12.5 Å². The molecule has 1 aromatic carbocycles. The lowest BCUT2D eigenvalue weighted by Gasteiger charge is -2.22. The molecule has 3 nitrogen and oxygen atoms in total. The van der Waals surface area contributed by atoms with Gasteiger partial charge in [0.1, 0.15) is 0 Å². The van der Waals surface area contributed by atoms with Crippen LogP contribution in [0.1, 0.15) is 44.7 Å². The summed E-state index contributed by atoms with van der Waals surface area (Å²) in [4.78, 5) is 12.2. The van der Waals surface area contributed by atoms with Crippen molar-refractivity contribution in [1.29, 1.82) is 0 Å². The lowest BCUT2D eigenvalue weighted by Crippen LogP contribution is -2.38. The molecule has 0 bridgehead atoms. The van der Waals surface area contributed by atoms with Crippen LogP contribution in [0.25, 0.3) is 0 Å². The van der Waals surface area contributed by atoms with Crippen LogP contribution in [0.2, 0.25) is 0 Å². The van der Waals surface area contributed by atoms with E-state index in [0.29, 0.717) is 5.92 Å². The molecule has 0 aliphatic heterocycles. The van der Waals surface area contributed by atoms with Crippen molar-refractivity contribution in [3.63, 3.8) is 0 Å². The summed E-state index contributed by atoms with van der Waals surface area (Å²) in [6.45, 7) is 4.99. The maximum Gasteiger partial charge on any atom is 0.224 e. The molecule has 1 fully saturated rings. The Hall–Kier alpha value is -1.35. The quantitative estimate of drug-likeness (QED) is 0.867. The third-order valence-electron chi connectivity index (χ3n) is 4.71. The predicted octanol–water partition coefficient (Wildman–Crippen LogP) is 2.87. The number of hydrogen-bond donors (Lipinski definition) is 2. The summed E-state index contributed by atoms with van der Waals surface area (Å²) in [7, 11) is 0. The predicted molar refractivity (Wildman–Crippen MR) is 82.0 cm³/mol. The van der Waals surface area contributed by atoms with Gasteiger partial charge in [-0.3, -0.25) is 4.79 Å². The molecule has 0 radical (unpaired) electrons. The molecule has 4 atom stereocenters. The van der Waals surface area contributed by atoms with E-state index in [-0.39, 0.29) is 17.9 Å². The molecule has 110 valence electrons. The Morgan fingerprint density at radius 2 is 2.05 bits per heavy atom. The first-order chi connectivity index (χ1) is 9.59. The smallest absolute Gasteiger partial charge is 0.224 e. The lowest BCUT2D eigenvalue weighted by atomic mass is 9.94. The van der Waals surface area contributed by atoms with Crippen LogP contribution in [0.15, 0.2) is 30.3 Å². The molecule has 1 saturated carbocycles. The summed E-state index contributed by atoms with van der Waals surface area (Å²) in [5, 5.41) is 3.09. The molecule has 0 spiro atoms. The highest BCUT2D eigenvalue weighted by Crippen LogP contribution is 2.30. The molecule has 0 saturated heterocycles. The van der Waals surface area contributed by atoms with Gasteiger partial charge in [0.05, 0.1) is 5.92 Å². The third kappa shape index (κ3) is 3.60. The molecule has 1 amide bonds. The lowest BCUT2D eigenvalue weighted by molar-refractivity contribution is -0.125. The zero-order valence-electron chi connectivity index (χ0n) is 12.5. The molecule has 4 unspecified atom stereocenters. The maximum atomic E-state index is 12.2. The molecule has 0 aromatic heterocycles. The van der Waals surface area contributed by atoms with Crippen molar-refractivity contribution >= 4 is 5.91 Å². The SMILES string of the molecule is CC1CCCC1CNC(=O)C(C)C(N)c1ccccc1. The third-order valence-corrected chi connectivity index (χ3v) is 4.71. The zero-order valence-corrected chi connectivity index (χ0v) is 12.5. The Balaban J connectivity index is 1.85. The van der Waals surface area contributed by atoms with Gasteiger partial charge in [0.15, 0.2) is 0 Å². The molecule has 0 heterocycles. The number of benzene rings is 1. The maximum absolute atomic E-state index is 12.2. The molecule has 3 N–H and O–H groups in total. The highest BCUT2D eigenvalue weighted by atomic mass is 16.1. The fourth-order valence-corrected chi connectivity index (χ4v) is 3.05. The summed E-state index contributed by atoms with van der Waals surface area (Å²) in [6.07, 6.45) is 3.82. The molecule has 1 aromatic rings. The minimum absolute atomic E-state index is 0.0699. The van der Waals surface area contributed by atoms with Gasteiger partial charge in [0.2, 0.25) is 5.91 Å². The molecule has 1 aliphatic carbocycles. The summed E-state index contributed by atoms with van der Waals surface area (Å²) in [5.74, 6) is 1.24. The normalized spacial score (nSPS) is 25.1. The Labute approximate surface area is 121 Å². The van der Waals surface area contributed by atoms with E-state index in [1.807, 2.05) is 37.3 Å². The average molecular weight is 274 g/mol. The van der Waals surface area contributed by atoms with Crippen LogP contribution in [0.3, 0.4) is 0 Å². The second kappa shape index (κ2) is 6.89. The van der Waals surface area contributed by atoms with E-state index in [9.17, 15) is 4.79 Å². The van der Waals surface area contributed by atoms with Crippen molar-refractivity contribution in [2.45, 2.75) is 39.2 Å². The van der Waals surface area contributed by atoms with Gasteiger partial charge in [-0.05, 0) is 23.8 Å². The first kappa shape index (κ1) is 15.0. The number of carbonyl (C=O) groups excluding carboxylic acids is 1.